The van der Waals surface area contributed by atoms with Crippen molar-refractivity contribution >= 4 is 11.9 Å². The quantitative estimate of drug-likeness (QED) is 0.492. The molecule has 0 atom stereocenters. The summed E-state index contributed by atoms with van der Waals surface area (Å²) in [5, 5.41) is 9.26. The molecule has 0 spiro atoms. The number of benzene rings is 2. The van der Waals surface area contributed by atoms with Crippen LogP contribution < -0.4 is 4.74 Å². The van der Waals surface area contributed by atoms with E-state index >= 15 is 0 Å². The number of carbonyl (C=O) groups is 1. The Kier molecular flexibility index (Phi) is 5.15. The molecule has 0 heterocycles. The third kappa shape index (κ3) is 4.09. The topological polar surface area (TPSA) is 46.5 Å². The molecule has 22 heavy (non-hydrogen) atoms. The third-order valence-electron chi connectivity index (χ3n) is 3.12. The molecule has 0 saturated heterocycles. The van der Waals surface area contributed by atoms with E-state index in [1.54, 1.807) is 25.1 Å². The van der Waals surface area contributed by atoms with Crippen LogP contribution in [0, 0.1) is 0 Å². The second-order valence-corrected chi connectivity index (χ2v) is 4.87. The summed E-state index contributed by atoms with van der Waals surface area (Å²) in [4.78, 5) is 12.3. The second kappa shape index (κ2) is 7.27. The van der Waals surface area contributed by atoms with Gasteiger partial charge in [-0.05, 0) is 60.5 Å². The average molecular weight is 294 g/mol. The monoisotopic (exact) mass is 294 g/mol. The smallest absolute Gasteiger partial charge is 0.188 e. The number of ketones is 1. The Labute approximate surface area is 130 Å². The molecule has 3 nitrogen and oxygen atoms in total. The SMILES string of the molecule is C=CCOc1ccc(/C=C(\C)C(=O)c2ccc(O)cc2)cc1. The molecule has 0 saturated carbocycles. The van der Waals surface area contributed by atoms with Crippen molar-refractivity contribution in [2.45, 2.75) is 6.92 Å². The molecule has 2 rings (SSSR count). The highest BCUT2D eigenvalue weighted by molar-refractivity contribution is 6.10. The molecular weight excluding hydrogens is 276 g/mol. The Balaban J connectivity index is 2.12. The molecule has 0 bridgehead atoms. The van der Waals surface area contributed by atoms with Gasteiger partial charge < -0.3 is 9.84 Å². The van der Waals surface area contributed by atoms with Gasteiger partial charge in [0.25, 0.3) is 0 Å². The number of aromatic hydroxyl groups is 1. The van der Waals surface area contributed by atoms with Gasteiger partial charge in [-0.3, -0.25) is 4.79 Å². The molecule has 1 N–H and O–H groups in total. The largest absolute Gasteiger partial charge is 0.508 e. The summed E-state index contributed by atoms with van der Waals surface area (Å²) < 4.78 is 5.41. The van der Waals surface area contributed by atoms with E-state index in [4.69, 9.17) is 4.74 Å². The number of hydrogen-bond donors (Lipinski definition) is 1. The maximum Gasteiger partial charge on any atom is 0.188 e. The summed E-state index contributed by atoms with van der Waals surface area (Å²) in [5.41, 5.74) is 2.11. The molecule has 0 aromatic heterocycles. The van der Waals surface area contributed by atoms with Crippen LogP contribution in [0.4, 0.5) is 0 Å². The van der Waals surface area contributed by atoms with Gasteiger partial charge >= 0.3 is 0 Å². The first-order valence-electron chi connectivity index (χ1n) is 6.96. The molecule has 3 heteroatoms. The van der Waals surface area contributed by atoms with E-state index in [1.165, 1.54) is 12.1 Å². The fraction of sp³-hybridized carbons (Fsp3) is 0.105. The number of hydrogen-bond acceptors (Lipinski definition) is 3. The van der Waals surface area contributed by atoms with Gasteiger partial charge in [0, 0.05) is 5.56 Å². The van der Waals surface area contributed by atoms with Gasteiger partial charge in [-0.25, -0.2) is 0 Å². The Morgan fingerprint density at radius 2 is 1.77 bits per heavy atom. The van der Waals surface area contributed by atoms with Crippen LogP contribution in [-0.2, 0) is 0 Å². The molecular formula is C19H18O3. The number of ether oxygens (including phenoxy) is 1. The fourth-order valence-electron chi connectivity index (χ4n) is 1.97. The fourth-order valence-corrected chi connectivity index (χ4v) is 1.97. The molecule has 0 radical (unpaired) electrons. The van der Waals surface area contributed by atoms with Crippen LogP contribution >= 0.6 is 0 Å². The Bertz CT molecular complexity index is 680. The van der Waals surface area contributed by atoms with Crippen molar-refractivity contribution in [1.29, 1.82) is 0 Å². The van der Waals surface area contributed by atoms with E-state index in [-0.39, 0.29) is 11.5 Å². The molecule has 0 aliphatic rings. The predicted molar refractivity (Wildman–Crippen MR) is 88.2 cm³/mol. The summed E-state index contributed by atoms with van der Waals surface area (Å²) in [5.74, 6) is 0.847. The molecule has 0 amide bonds. The van der Waals surface area contributed by atoms with Crippen LogP contribution in [0.1, 0.15) is 22.8 Å². The minimum atomic E-state index is -0.0630. The van der Waals surface area contributed by atoms with Crippen molar-refractivity contribution in [3.63, 3.8) is 0 Å². The Hall–Kier alpha value is -2.81. The number of allylic oxidation sites excluding steroid dienone is 1. The molecule has 2 aromatic carbocycles. The lowest BCUT2D eigenvalue weighted by Crippen LogP contribution is -2.00. The minimum Gasteiger partial charge on any atom is -0.508 e. The van der Waals surface area contributed by atoms with Crippen molar-refractivity contribution in [2.24, 2.45) is 0 Å². The molecule has 0 fully saturated rings. The number of carbonyl (C=O) groups excluding carboxylic acids is 1. The van der Waals surface area contributed by atoms with Gasteiger partial charge in [-0.15, -0.1) is 0 Å². The molecule has 2 aromatic rings. The Morgan fingerprint density at radius 1 is 1.14 bits per heavy atom. The first kappa shape index (κ1) is 15.6. The third-order valence-corrected chi connectivity index (χ3v) is 3.12. The van der Waals surface area contributed by atoms with Gasteiger partial charge in [-0.1, -0.05) is 24.8 Å². The standard InChI is InChI=1S/C19H18O3/c1-3-12-22-18-10-4-15(5-11-18)13-14(2)19(21)16-6-8-17(20)9-7-16/h3-11,13,20H,1,12H2,2H3/b14-13+. The Morgan fingerprint density at radius 3 is 2.36 bits per heavy atom. The lowest BCUT2D eigenvalue weighted by molar-refractivity contribution is 0.103. The van der Waals surface area contributed by atoms with E-state index in [0.717, 1.165) is 11.3 Å². The van der Waals surface area contributed by atoms with Gasteiger partial charge in [-0.2, -0.15) is 0 Å². The van der Waals surface area contributed by atoms with Crippen LogP contribution in [0.2, 0.25) is 0 Å². The summed E-state index contributed by atoms with van der Waals surface area (Å²) in [6, 6.07) is 13.7. The van der Waals surface area contributed by atoms with E-state index < -0.39 is 0 Å². The minimum absolute atomic E-state index is 0.0630. The summed E-state index contributed by atoms with van der Waals surface area (Å²) >= 11 is 0. The summed E-state index contributed by atoms with van der Waals surface area (Å²) in [7, 11) is 0. The van der Waals surface area contributed by atoms with Crippen molar-refractivity contribution in [2.75, 3.05) is 6.61 Å². The highest BCUT2D eigenvalue weighted by Crippen LogP contribution is 2.17. The second-order valence-electron chi connectivity index (χ2n) is 4.87. The number of Topliss-reactive ketones (excluding diaryl/α,β-unsaturated/α-hetero) is 1. The maximum absolute atomic E-state index is 12.3. The van der Waals surface area contributed by atoms with E-state index in [0.29, 0.717) is 17.7 Å². The van der Waals surface area contributed by atoms with Gasteiger partial charge in [0.1, 0.15) is 18.1 Å². The summed E-state index contributed by atoms with van der Waals surface area (Å²) in [6.45, 7) is 5.84. The van der Waals surface area contributed by atoms with Crippen LogP contribution in [0.15, 0.2) is 66.8 Å². The normalized spacial score (nSPS) is 11.0. The number of phenols is 1. The van der Waals surface area contributed by atoms with Crippen LogP contribution in [-0.4, -0.2) is 17.5 Å². The lowest BCUT2D eigenvalue weighted by Gasteiger charge is -2.04. The van der Waals surface area contributed by atoms with Gasteiger partial charge in [0.15, 0.2) is 5.78 Å². The van der Waals surface area contributed by atoms with Crippen LogP contribution in [0.5, 0.6) is 11.5 Å². The predicted octanol–water partition coefficient (Wildman–Crippen LogP) is 4.24. The highest BCUT2D eigenvalue weighted by atomic mass is 16.5. The first-order valence-corrected chi connectivity index (χ1v) is 6.96. The zero-order valence-electron chi connectivity index (χ0n) is 12.5. The van der Waals surface area contributed by atoms with Crippen molar-refractivity contribution < 1.29 is 14.6 Å². The van der Waals surface area contributed by atoms with Gasteiger partial charge in [0.05, 0.1) is 0 Å². The number of rotatable bonds is 6. The van der Waals surface area contributed by atoms with Crippen LogP contribution in [0.25, 0.3) is 6.08 Å². The van der Waals surface area contributed by atoms with Crippen LogP contribution in [0.3, 0.4) is 0 Å². The zero-order chi connectivity index (χ0) is 15.9. The van der Waals surface area contributed by atoms with Gasteiger partial charge in [0.2, 0.25) is 0 Å². The van der Waals surface area contributed by atoms with E-state index in [1.807, 2.05) is 30.3 Å². The first-order chi connectivity index (χ1) is 10.6. The average Bonchev–Trinajstić information content (AvgIpc) is 2.54. The lowest BCUT2D eigenvalue weighted by atomic mass is 10.0. The zero-order valence-corrected chi connectivity index (χ0v) is 12.5. The molecule has 0 unspecified atom stereocenters. The summed E-state index contributed by atoms with van der Waals surface area (Å²) in [6.07, 6.45) is 3.51. The van der Waals surface area contributed by atoms with Crippen molar-refractivity contribution in [3.8, 4) is 11.5 Å². The number of phenolic OH excluding ortho intramolecular Hbond substituents is 1. The maximum atomic E-state index is 12.3. The van der Waals surface area contributed by atoms with E-state index in [9.17, 15) is 9.90 Å². The highest BCUT2D eigenvalue weighted by Gasteiger charge is 2.08. The molecule has 0 aliphatic carbocycles. The van der Waals surface area contributed by atoms with Crippen molar-refractivity contribution in [1.82, 2.24) is 0 Å². The van der Waals surface area contributed by atoms with Crippen molar-refractivity contribution in [3.05, 3.63) is 77.9 Å². The molecule has 0 aliphatic heterocycles. The molecule has 112 valence electrons. The van der Waals surface area contributed by atoms with E-state index in [2.05, 4.69) is 6.58 Å².